The average molecular weight is 460 g/mol. The van der Waals surface area contributed by atoms with Crippen LogP contribution in [0.1, 0.15) is 61.4 Å². The number of aliphatic hydroxyl groups excluding tert-OH is 1. The van der Waals surface area contributed by atoms with Gasteiger partial charge in [0.1, 0.15) is 0 Å². The fraction of sp³-hybridized carbons (Fsp3) is 0.458. The van der Waals surface area contributed by atoms with E-state index in [0.29, 0.717) is 19.5 Å². The Morgan fingerprint density at radius 2 is 1.72 bits per heavy atom. The molecule has 1 aliphatic heterocycles. The number of hydrogen-bond acceptors (Lipinski definition) is 4. The maximum Gasteiger partial charge on any atom is 0.232 e. The van der Waals surface area contributed by atoms with E-state index >= 15 is 0 Å². The van der Waals surface area contributed by atoms with Gasteiger partial charge in [0.2, 0.25) is 17.2 Å². The molecule has 5 atom stereocenters. The lowest BCUT2D eigenvalue weighted by Gasteiger charge is -2.26. The smallest absolute Gasteiger partial charge is 0.232 e. The van der Waals surface area contributed by atoms with E-state index in [0.717, 1.165) is 29.7 Å². The highest BCUT2D eigenvalue weighted by Crippen LogP contribution is 2.24. The Kier molecular flexibility index (Phi) is 8.95. The fourth-order valence-electron chi connectivity index (χ4n) is 4.13. The molecule has 1 saturated heterocycles. The summed E-state index contributed by atoms with van der Waals surface area (Å²) in [6.07, 6.45) is 1.13. The zero-order valence-corrected chi connectivity index (χ0v) is 19.4. The first-order chi connectivity index (χ1) is 15.4. The highest BCUT2D eigenvalue weighted by atomic mass is 32.2. The van der Waals surface area contributed by atoms with Gasteiger partial charge in [0.15, 0.2) is 0 Å². The Morgan fingerprint density at radius 3 is 2.28 bits per heavy atom. The molecule has 0 aromatic heterocycles. The molecule has 3 rings (SSSR count). The maximum absolute atomic E-state index is 13.1. The first kappa shape index (κ1) is 24.5. The summed E-state index contributed by atoms with van der Waals surface area (Å²) in [6, 6.07) is 17.1. The van der Waals surface area contributed by atoms with Gasteiger partial charge < -0.3 is 10.4 Å². The van der Waals surface area contributed by atoms with Crippen LogP contribution in [-0.2, 0) is 16.1 Å². The van der Waals surface area contributed by atoms with Crippen molar-refractivity contribution in [3.8, 4) is 0 Å². The van der Waals surface area contributed by atoms with E-state index in [9.17, 15) is 14.1 Å². The molecular formula is C24H33N3O4S. The lowest BCUT2D eigenvalue weighted by Crippen LogP contribution is -2.39. The van der Waals surface area contributed by atoms with Gasteiger partial charge in [-0.05, 0) is 36.5 Å². The van der Waals surface area contributed by atoms with Gasteiger partial charge >= 0.3 is 0 Å². The van der Waals surface area contributed by atoms with E-state index < -0.39 is 11.3 Å². The van der Waals surface area contributed by atoms with Crippen LogP contribution in [0.4, 0.5) is 0 Å². The van der Waals surface area contributed by atoms with Crippen LogP contribution in [-0.4, -0.2) is 50.4 Å². The second kappa shape index (κ2) is 11.7. The molecule has 8 heteroatoms. The maximum atomic E-state index is 13.1. The minimum Gasteiger partial charge on any atom is -0.392 e. The van der Waals surface area contributed by atoms with Gasteiger partial charge in [-0.25, -0.2) is 8.93 Å². The van der Waals surface area contributed by atoms with Gasteiger partial charge in [-0.2, -0.15) is 0 Å². The molecule has 5 unspecified atom stereocenters. The van der Waals surface area contributed by atoms with Gasteiger partial charge in [-0.15, -0.1) is 0 Å². The minimum atomic E-state index is -2.08. The molecule has 174 valence electrons. The van der Waals surface area contributed by atoms with Crippen molar-refractivity contribution in [1.82, 2.24) is 14.9 Å². The lowest BCUT2D eigenvalue weighted by molar-refractivity contribution is -0.123. The Balaban J connectivity index is 1.69. The van der Waals surface area contributed by atoms with E-state index in [1.54, 1.807) is 0 Å². The van der Waals surface area contributed by atoms with Crippen LogP contribution in [0.3, 0.4) is 0 Å². The van der Waals surface area contributed by atoms with Crippen molar-refractivity contribution in [3.05, 3.63) is 71.3 Å². The Bertz CT molecular complexity index is 894. The average Bonchev–Trinajstić information content (AvgIpc) is 3.21. The third-order valence-corrected chi connectivity index (χ3v) is 6.58. The number of carbonyl (C=O) groups is 1. The van der Waals surface area contributed by atoms with Crippen LogP contribution < -0.4 is 10.0 Å². The highest BCUT2D eigenvalue weighted by molar-refractivity contribution is 7.77. The van der Waals surface area contributed by atoms with Gasteiger partial charge in [0, 0.05) is 25.7 Å². The number of likely N-dealkylation sites (tertiary alicyclic amines) is 1. The summed E-state index contributed by atoms with van der Waals surface area (Å²) >= 11 is -2.08. The second-order valence-corrected chi connectivity index (χ2v) is 9.12. The number of hydrogen-bond donors (Lipinski definition) is 4. The molecular weight excluding hydrogens is 426 g/mol. The van der Waals surface area contributed by atoms with E-state index in [1.807, 2.05) is 68.4 Å². The van der Waals surface area contributed by atoms with Gasteiger partial charge in [-0.1, -0.05) is 61.5 Å². The van der Waals surface area contributed by atoms with Gasteiger partial charge in [0.05, 0.1) is 18.1 Å². The van der Waals surface area contributed by atoms with Crippen molar-refractivity contribution in [2.24, 2.45) is 0 Å². The SMILES string of the molecule is CCC(NS(=O)O)c1ccc(C(C)C(=O)NC(CN2CCC(O)C2)c2ccccc2)cc1. The molecule has 0 aliphatic carbocycles. The van der Waals surface area contributed by atoms with Crippen molar-refractivity contribution < 1.29 is 18.7 Å². The third-order valence-electron chi connectivity index (χ3n) is 6.09. The molecule has 0 saturated carbocycles. The summed E-state index contributed by atoms with van der Waals surface area (Å²) in [5, 5.41) is 13.1. The lowest BCUT2D eigenvalue weighted by atomic mass is 9.96. The van der Waals surface area contributed by atoms with Crippen molar-refractivity contribution in [3.63, 3.8) is 0 Å². The van der Waals surface area contributed by atoms with Crippen molar-refractivity contribution in [1.29, 1.82) is 0 Å². The molecule has 32 heavy (non-hydrogen) atoms. The van der Waals surface area contributed by atoms with Crippen LogP contribution >= 0.6 is 0 Å². The summed E-state index contributed by atoms with van der Waals surface area (Å²) in [6.45, 7) is 5.92. The summed E-state index contributed by atoms with van der Waals surface area (Å²) in [7, 11) is 0. The van der Waals surface area contributed by atoms with Crippen molar-refractivity contribution >= 4 is 17.2 Å². The number of benzene rings is 2. The number of β-amino-alcohol motifs (C(OH)–C–C–N with tert-alkyl or cyclic N) is 1. The second-order valence-electron chi connectivity index (χ2n) is 8.39. The predicted molar refractivity (Wildman–Crippen MR) is 126 cm³/mol. The molecule has 7 nitrogen and oxygen atoms in total. The fourth-order valence-corrected chi connectivity index (χ4v) is 4.68. The summed E-state index contributed by atoms with van der Waals surface area (Å²) in [5.41, 5.74) is 2.83. The summed E-state index contributed by atoms with van der Waals surface area (Å²) in [5.74, 6) is -0.410. The third kappa shape index (κ3) is 6.70. The molecule has 2 aromatic rings. The van der Waals surface area contributed by atoms with Crippen molar-refractivity contribution in [2.45, 2.75) is 50.8 Å². The summed E-state index contributed by atoms with van der Waals surface area (Å²) in [4.78, 5) is 15.3. The van der Waals surface area contributed by atoms with Crippen LogP contribution in [0.25, 0.3) is 0 Å². The van der Waals surface area contributed by atoms with E-state index in [1.165, 1.54) is 0 Å². The van der Waals surface area contributed by atoms with Crippen LogP contribution in [0, 0.1) is 0 Å². The largest absolute Gasteiger partial charge is 0.392 e. The minimum absolute atomic E-state index is 0.0621. The Hall–Kier alpha value is -2.10. The normalized spacial score (nSPS) is 20.4. The molecule has 2 aromatic carbocycles. The summed E-state index contributed by atoms with van der Waals surface area (Å²) < 4.78 is 22.8. The standard InChI is InChI=1S/C24H33N3O4S/c1-3-22(26-32(30)31)20-11-9-18(10-12-20)17(2)24(29)25-23(19-7-5-4-6-8-19)16-27-14-13-21(28)15-27/h4-12,17,21-23,26,28H,3,13-16H2,1-2H3,(H,25,29)(H,30,31). The topological polar surface area (TPSA) is 102 Å². The molecule has 0 bridgehead atoms. The first-order valence-corrected chi connectivity index (χ1v) is 12.2. The van der Waals surface area contributed by atoms with Gasteiger partial charge in [-0.3, -0.25) is 14.2 Å². The number of amides is 1. The van der Waals surface area contributed by atoms with Crippen LogP contribution in [0.5, 0.6) is 0 Å². The molecule has 1 heterocycles. The molecule has 1 aliphatic rings. The molecule has 0 spiro atoms. The Morgan fingerprint density at radius 1 is 1.09 bits per heavy atom. The van der Waals surface area contributed by atoms with Crippen molar-refractivity contribution in [2.75, 3.05) is 19.6 Å². The monoisotopic (exact) mass is 459 g/mol. The van der Waals surface area contributed by atoms with Crippen LogP contribution in [0.15, 0.2) is 54.6 Å². The Labute approximate surface area is 192 Å². The number of nitrogens with zero attached hydrogens (tertiary/aromatic N) is 1. The van der Waals surface area contributed by atoms with Crippen LogP contribution in [0.2, 0.25) is 0 Å². The number of nitrogens with one attached hydrogen (secondary N) is 2. The first-order valence-electron chi connectivity index (χ1n) is 11.1. The number of rotatable bonds is 10. The molecule has 1 fully saturated rings. The van der Waals surface area contributed by atoms with E-state index in [2.05, 4.69) is 14.9 Å². The van der Waals surface area contributed by atoms with Gasteiger partial charge in [0.25, 0.3) is 0 Å². The zero-order valence-electron chi connectivity index (χ0n) is 18.6. The quantitative estimate of drug-likeness (QED) is 0.409. The number of carbonyl (C=O) groups excluding carboxylic acids is 1. The number of aliphatic hydroxyl groups is 1. The van der Waals surface area contributed by atoms with E-state index in [-0.39, 0.29) is 30.0 Å². The molecule has 0 radical (unpaired) electrons. The molecule has 1 amide bonds. The zero-order chi connectivity index (χ0) is 23.1. The van der Waals surface area contributed by atoms with E-state index in [4.69, 9.17) is 4.55 Å². The highest BCUT2D eigenvalue weighted by Gasteiger charge is 2.26. The molecule has 4 N–H and O–H groups in total. The predicted octanol–water partition coefficient (Wildman–Crippen LogP) is 2.89.